The second-order valence-corrected chi connectivity index (χ2v) is 30.1. The van der Waals surface area contributed by atoms with Gasteiger partial charge in [0.05, 0.1) is 42.2 Å². The molecule has 26 heteroatoms. The number of rotatable bonds is 14. The number of nitrogens with one attached hydrogen (secondary N) is 1. The molecule has 70 heavy (non-hydrogen) atoms. The minimum absolute atomic E-state index is 0.108. The van der Waals surface area contributed by atoms with Crippen LogP contribution in [0.4, 0.5) is 35.1 Å². The second-order valence-electron chi connectivity index (χ2n) is 13.9. The van der Waals surface area contributed by atoms with Crippen LogP contribution in [0.5, 0.6) is 23.0 Å². The summed E-state index contributed by atoms with van der Waals surface area (Å²) in [5, 5.41) is 43.2. The van der Waals surface area contributed by atoms with Gasteiger partial charge in [-0.3, -0.25) is 21.2 Å². The zero-order valence-corrected chi connectivity index (χ0v) is 45.7. The molecule has 4 aromatic carbocycles. The van der Waals surface area contributed by atoms with Gasteiger partial charge >= 0.3 is 62.3 Å². The summed E-state index contributed by atoms with van der Waals surface area (Å²) in [5.41, 5.74) is -7.07. The van der Waals surface area contributed by atoms with Crippen molar-refractivity contribution in [3.63, 3.8) is 0 Å². The third-order valence-corrected chi connectivity index (χ3v) is 9.56. The largest absolute Gasteiger partial charge is 0.456 e. The summed E-state index contributed by atoms with van der Waals surface area (Å²) in [6.07, 6.45) is 4.15. The number of hydrogen-bond acceptors (Lipinski definition) is 12. The number of aromatic nitrogens is 5. The number of hydrazine groups is 1. The van der Waals surface area contributed by atoms with Crippen molar-refractivity contribution < 1.29 is 68.1 Å². The molecule has 0 aliphatic carbocycles. The Morgan fingerprint density at radius 2 is 1.04 bits per heavy atom. The minimum Gasteiger partial charge on any atom is -0.456 e. The molecule has 0 aliphatic heterocycles. The van der Waals surface area contributed by atoms with Gasteiger partial charge in [0.25, 0.3) is 0 Å². The monoisotopic (exact) mass is 1540 g/mol. The van der Waals surface area contributed by atoms with Crippen LogP contribution in [-0.4, -0.2) is 41.5 Å². The molecule has 0 aliphatic rings. The molecular weight excluding hydrogens is 1510 g/mol. The molecule has 0 fully saturated rings. The Morgan fingerprint density at radius 1 is 0.643 bits per heavy atom. The zero-order chi connectivity index (χ0) is 51.7. The van der Waals surface area contributed by atoms with Gasteiger partial charge < -0.3 is 19.7 Å². The molecule has 7 aromatic rings. The van der Waals surface area contributed by atoms with Crippen LogP contribution in [0.1, 0.15) is 33.6 Å². The van der Waals surface area contributed by atoms with Crippen molar-refractivity contribution >= 4 is 74.5 Å². The summed E-state index contributed by atoms with van der Waals surface area (Å²) in [5.74, 6) is -6.93. The van der Waals surface area contributed by atoms with Gasteiger partial charge in [-0.2, -0.15) is 33.2 Å². The smallest absolute Gasteiger partial charge is 0.323 e. The van der Waals surface area contributed by atoms with E-state index in [4.69, 9.17) is 25.8 Å². The first-order valence-electron chi connectivity index (χ1n) is 19.0. The van der Waals surface area contributed by atoms with Crippen LogP contribution in [0.25, 0.3) is 0 Å². The van der Waals surface area contributed by atoms with Crippen LogP contribution in [0.3, 0.4) is 0 Å². The summed E-state index contributed by atoms with van der Waals surface area (Å²) < 4.78 is 129. The first-order chi connectivity index (χ1) is 33.3. The number of hydrogen-bond donors (Lipinski definition) is 4. The Morgan fingerprint density at radius 3 is 1.39 bits per heavy atom. The summed E-state index contributed by atoms with van der Waals surface area (Å²) in [7, 11) is 0. The van der Waals surface area contributed by atoms with E-state index in [0.29, 0.717) is 48.0 Å². The number of nitrogens with zero attached hydrogens (tertiary/aromatic N) is 7. The molecule has 3 heterocycles. The second kappa shape index (κ2) is 27.0. The van der Waals surface area contributed by atoms with Crippen LogP contribution < -0.4 is 34.0 Å². The molecule has 2 atom stereocenters. The number of pyridine rings is 2. The van der Waals surface area contributed by atoms with Crippen LogP contribution in [0.2, 0.25) is 0 Å². The molecule has 0 spiro atoms. The van der Waals surface area contributed by atoms with Crippen molar-refractivity contribution in [3.05, 3.63) is 191 Å². The predicted molar refractivity (Wildman–Crippen MR) is 268 cm³/mol. The standard InChI is InChI=1S/C23H15F4N5O2.C21H16F4N4O2.I3.I2/c24-16-3-7-19(20(25)9-16)22(33,12-32-14-29-13-31-32)23(26,27)21-8-6-18(11-30-21)34-17-4-1-15(10-28)2-5-17;22-14-3-7-17(18(23)9-14)20(30,12-29-27)21(24,25)19-8-6-16(11-28-19)31-15-4-1-13(10-26)2-5-15;1-3-2;1-2/h1-9,11,13-14,33H,12H2;1-9,11,29-30H,12,27H2;;/q;;-1;. The van der Waals surface area contributed by atoms with E-state index in [2.05, 4.69) is 94.5 Å². The average Bonchev–Trinajstić information content (AvgIpc) is 3.86. The Bertz CT molecular complexity index is 2850. The van der Waals surface area contributed by atoms with Gasteiger partial charge in [-0.05, 0) is 91.0 Å². The first kappa shape index (κ1) is 58.4. The predicted octanol–water partition coefficient (Wildman–Crippen LogP) is 8.31. The van der Waals surface area contributed by atoms with E-state index in [1.54, 1.807) is 0 Å². The molecule has 0 saturated heterocycles. The molecule has 5 N–H and O–H groups in total. The van der Waals surface area contributed by atoms with E-state index in [-0.39, 0.29) is 11.5 Å². The minimum atomic E-state index is -4.15. The Balaban J connectivity index is 0.000000280. The van der Waals surface area contributed by atoms with E-state index < -0.39 is 81.9 Å². The van der Waals surface area contributed by atoms with Gasteiger partial charge in [-0.15, -0.1) is 0 Å². The molecule has 3 aromatic heterocycles. The van der Waals surface area contributed by atoms with Crippen molar-refractivity contribution in [2.45, 2.75) is 29.6 Å². The topological polar surface area (TPSA) is 201 Å². The number of ether oxygens (including phenoxy) is 2. The quantitative estimate of drug-likeness (QED) is 0.0352. The van der Waals surface area contributed by atoms with Gasteiger partial charge in [-0.25, -0.2) is 27.2 Å². The summed E-state index contributed by atoms with van der Waals surface area (Å²) in [6, 6.07) is 24.0. The zero-order valence-electron chi connectivity index (χ0n) is 34.9. The summed E-state index contributed by atoms with van der Waals surface area (Å²) in [6.45, 7) is -1.85. The first-order valence-corrected chi connectivity index (χ1v) is 37.9. The van der Waals surface area contributed by atoms with Crippen LogP contribution in [0.15, 0.2) is 134 Å². The fraction of sp³-hybridized carbons (Fsp3) is 0.136. The van der Waals surface area contributed by atoms with Crippen molar-refractivity contribution in [3.8, 4) is 35.1 Å². The number of alkyl halides is 4. The molecular formula is C44H31F8I5N9O4-. The number of aliphatic hydroxyl groups is 2. The molecule has 0 bridgehead atoms. The Kier molecular flexibility index (Phi) is 22.6. The molecule has 7 rings (SSSR count). The average molecular weight is 1540 g/mol. The normalized spacial score (nSPS) is 12.7. The van der Waals surface area contributed by atoms with E-state index in [0.717, 1.165) is 66.1 Å². The third-order valence-electron chi connectivity index (χ3n) is 9.56. The van der Waals surface area contributed by atoms with Crippen LogP contribution in [-0.2, 0) is 29.6 Å². The van der Waals surface area contributed by atoms with Crippen LogP contribution in [0, 0.1) is 45.9 Å². The fourth-order valence-corrected chi connectivity index (χ4v) is 6.22. The fourth-order valence-electron chi connectivity index (χ4n) is 6.22. The Labute approximate surface area is 446 Å². The van der Waals surface area contributed by atoms with Crippen molar-refractivity contribution in [1.29, 1.82) is 10.5 Å². The number of nitriles is 2. The summed E-state index contributed by atoms with van der Waals surface area (Å²) >= 11 is 9.54. The van der Waals surface area contributed by atoms with Gasteiger partial charge in [0, 0.05) is 67.0 Å². The van der Waals surface area contributed by atoms with E-state index in [1.807, 2.05) is 17.6 Å². The molecule has 0 radical (unpaired) electrons. The van der Waals surface area contributed by atoms with Gasteiger partial charge in [0.15, 0.2) is 11.2 Å². The SMILES string of the molecule is II.I[I-]I.N#Cc1ccc(Oc2ccc(C(F)(F)C(O)(CNN)c3ccc(F)cc3F)nc2)cc1.N#Cc1ccc(Oc2ccc(C(F)(F)C(O)(Cn3cncn3)c3ccc(F)cc3F)nc2)cc1. The van der Waals surface area contributed by atoms with Gasteiger partial charge in [0.2, 0.25) is 0 Å². The maximum Gasteiger partial charge on any atom is 0.323 e. The molecule has 0 saturated carbocycles. The van der Waals surface area contributed by atoms with Gasteiger partial charge in [0.1, 0.15) is 70.3 Å². The van der Waals surface area contributed by atoms with E-state index in [1.165, 1.54) is 60.7 Å². The third kappa shape index (κ3) is 14.5. The molecule has 0 amide bonds. The van der Waals surface area contributed by atoms with Crippen molar-refractivity contribution in [2.24, 2.45) is 5.84 Å². The van der Waals surface area contributed by atoms with Crippen LogP contribution >= 0.6 is 74.5 Å². The maximum atomic E-state index is 15.7. The van der Waals surface area contributed by atoms with E-state index in [9.17, 15) is 27.8 Å². The van der Waals surface area contributed by atoms with E-state index >= 15 is 17.6 Å². The number of benzene rings is 4. The van der Waals surface area contributed by atoms with Crippen molar-refractivity contribution in [2.75, 3.05) is 6.54 Å². The Hall–Kier alpha value is -4.17. The maximum absolute atomic E-state index is 15.7. The van der Waals surface area contributed by atoms with Crippen molar-refractivity contribution in [1.82, 2.24) is 30.2 Å². The molecule has 368 valence electrons. The summed E-state index contributed by atoms with van der Waals surface area (Å²) in [4.78, 5) is 11.0. The number of halogens is 13. The number of nitrogens with two attached hydrogens (primary N) is 1. The van der Waals surface area contributed by atoms with Gasteiger partial charge in [-0.1, -0.05) is 6.07 Å². The molecule has 13 nitrogen and oxygen atoms in total. The molecule has 2 unspecified atom stereocenters.